The maximum absolute atomic E-state index is 12.0. The predicted octanol–water partition coefficient (Wildman–Crippen LogP) is 1.97. The molecule has 0 atom stereocenters. The van der Waals surface area contributed by atoms with E-state index in [0.717, 1.165) is 18.4 Å². The molecule has 102 valence electrons. The van der Waals surface area contributed by atoms with Crippen molar-refractivity contribution in [3.05, 3.63) is 23.8 Å². The van der Waals surface area contributed by atoms with Crippen molar-refractivity contribution in [2.75, 3.05) is 24.0 Å². The smallest absolute Gasteiger partial charge is 0.301 e. The van der Waals surface area contributed by atoms with Crippen molar-refractivity contribution in [2.24, 2.45) is 0 Å². The summed E-state index contributed by atoms with van der Waals surface area (Å²) in [5, 5.41) is 0. The summed E-state index contributed by atoms with van der Waals surface area (Å²) >= 11 is 0. The first-order valence-corrected chi connectivity index (χ1v) is 7.41. The molecule has 0 aliphatic rings. The van der Waals surface area contributed by atoms with Crippen LogP contribution in [0.3, 0.4) is 0 Å². The number of hydrogen-bond donors (Lipinski definition) is 2. The molecule has 0 spiro atoms. The van der Waals surface area contributed by atoms with Gasteiger partial charge in [-0.2, -0.15) is 12.7 Å². The van der Waals surface area contributed by atoms with E-state index >= 15 is 0 Å². The van der Waals surface area contributed by atoms with Crippen LogP contribution in [0.15, 0.2) is 18.2 Å². The number of nitrogens with two attached hydrogens (primary N) is 1. The van der Waals surface area contributed by atoms with Gasteiger partial charge in [-0.3, -0.25) is 4.72 Å². The molecule has 5 nitrogen and oxygen atoms in total. The highest BCUT2D eigenvalue weighted by atomic mass is 32.2. The van der Waals surface area contributed by atoms with Gasteiger partial charge in [0.15, 0.2) is 0 Å². The minimum Gasteiger partial charge on any atom is -0.399 e. The Balaban J connectivity index is 2.85. The zero-order valence-corrected chi connectivity index (χ0v) is 11.9. The Bertz CT molecular complexity index is 500. The normalized spacial score (nSPS) is 11.8. The average molecular weight is 271 g/mol. The van der Waals surface area contributed by atoms with E-state index in [1.165, 1.54) is 4.31 Å². The fourth-order valence-corrected chi connectivity index (χ4v) is 2.49. The number of hydrogen-bond acceptors (Lipinski definition) is 3. The van der Waals surface area contributed by atoms with Crippen LogP contribution < -0.4 is 10.5 Å². The molecular weight excluding hydrogens is 250 g/mol. The lowest BCUT2D eigenvalue weighted by molar-refractivity contribution is 0.463. The van der Waals surface area contributed by atoms with Crippen LogP contribution in [0, 0.1) is 6.92 Å². The molecule has 0 aliphatic carbocycles. The summed E-state index contributed by atoms with van der Waals surface area (Å²) in [6.45, 7) is 4.37. The van der Waals surface area contributed by atoms with Crippen LogP contribution in [0.25, 0.3) is 0 Å². The van der Waals surface area contributed by atoms with Gasteiger partial charge in [-0.1, -0.05) is 19.4 Å². The highest BCUT2D eigenvalue weighted by Crippen LogP contribution is 2.20. The number of rotatable bonds is 6. The zero-order chi connectivity index (χ0) is 13.8. The average Bonchev–Trinajstić information content (AvgIpc) is 2.30. The van der Waals surface area contributed by atoms with Crippen LogP contribution in [-0.2, 0) is 10.2 Å². The maximum atomic E-state index is 12.0. The molecule has 1 rings (SSSR count). The second-order valence-electron chi connectivity index (χ2n) is 4.36. The number of nitrogen functional groups attached to an aromatic ring is 1. The van der Waals surface area contributed by atoms with E-state index in [9.17, 15) is 8.42 Å². The van der Waals surface area contributed by atoms with Crippen LogP contribution in [0.2, 0.25) is 0 Å². The highest BCUT2D eigenvalue weighted by Gasteiger charge is 2.17. The molecule has 0 unspecified atom stereocenters. The molecule has 1 aromatic carbocycles. The summed E-state index contributed by atoms with van der Waals surface area (Å²) in [4.78, 5) is 0. The lowest BCUT2D eigenvalue weighted by atomic mass is 10.2. The van der Waals surface area contributed by atoms with E-state index < -0.39 is 10.2 Å². The van der Waals surface area contributed by atoms with Crippen molar-refractivity contribution in [2.45, 2.75) is 26.7 Å². The van der Waals surface area contributed by atoms with E-state index in [1.54, 1.807) is 25.2 Å². The Kier molecular flexibility index (Phi) is 4.98. The number of nitrogens with zero attached hydrogens (tertiary/aromatic N) is 1. The molecule has 0 radical (unpaired) electrons. The highest BCUT2D eigenvalue weighted by molar-refractivity contribution is 7.90. The van der Waals surface area contributed by atoms with E-state index in [0.29, 0.717) is 17.9 Å². The Morgan fingerprint density at radius 2 is 2.06 bits per heavy atom. The summed E-state index contributed by atoms with van der Waals surface area (Å²) < 4.78 is 28.0. The molecule has 0 aromatic heterocycles. The second kappa shape index (κ2) is 6.06. The van der Waals surface area contributed by atoms with Crippen LogP contribution in [-0.4, -0.2) is 26.3 Å². The van der Waals surface area contributed by atoms with Gasteiger partial charge in [-0.15, -0.1) is 0 Å². The molecule has 1 aromatic rings. The van der Waals surface area contributed by atoms with Crippen molar-refractivity contribution >= 4 is 21.6 Å². The second-order valence-corrected chi connectivity index (χ2v) is 6.13. The van der Waals surface area contributed by atoms with Crippen molar-refractivity contribution in [3.63, 3.8) is 0 Å². The molecule has 0 fully saturated rings. The molecule has 18 heavy (non-hydrogen) atoms. The molecule has 3 N–H and O–H groups in total. The van der Waals surface area contributed by atoms with Gasteiger partial charge in [-0.05, 0) is 31.0 Å². The number of benzene rings is 1. The van der Waals surface area contributed by atoms with Gasteiger partial charge < -0.3 is 5.73 Å². The van der Waals surface area contributed by atoms with Gasteiger partial charge >= 0.3 is 10.2 Å². The predicted molar refractivity (Wildman–Crippen MR) is 75.7 cm³/mol. The van der Waals surface area contributed by atoms with Gasteiger partial charge in [0, 0.05) is 19.3 Å². The molecule has 0 bridgehead atoms. The molecular formula is C12H21N3O2S. The van der Waals surface area contributed by atoms with Gasteiger partial charge in [0.05, 0.1) is 5.69 Å². The van der Waals surface area contributed by atoms with Crippen molar-refractivity contribution in [1.82, 2.24) is 4.31 Å². The quantitative estimate of drug-likeness (QED) is 0.777. The largest absolute Gasteiger partial charge is 0.399 e. The van der Waals surface area contributed by atoms with E-state index in [1.807, 2.05) is 13.8 Å². The lowest BCUT2D eigenvalue weighted by Gasteiger charge is -2.19. The zero-order valence-electron chi connectivity index (χ0n) is 11.1. The monoisotopic (exact) mass is 271 g/mol. The van der Waals surface area contributed by atoms with Crippen LogP contribution in [0.5, 0.6) is 0 Å². The third-order valence-electron chi connectivity index (χ3n) is 2.74. The summed E-state index contributed by atoms with van der Waals surface area (Å²) in [5.41, 5.74) is 7.56. The van der Waals surface area contributed by atoms with Crippen molar-refractivity contribution in [1.29, 1.82) is 0 Å². The number of aryl methyl sites for hydroxylation is 1. The van der Waals surface area contributed by atoms with Crippen LogP contribution in [0.4, 0.5) is 11.4 Å². The maximum Gasteiger partial charge on any atom is 0.301 e. The van der Waals surface area contributed by atoms with Gasteiger partial charge in [0.1, 0.15) is 0 Å². The molecule has 0 heterocycles. The first-order chi connectivity index (χ1) is 8.36. The first-order valence-electron chi connectivity index (χ1n) is 5.97. The summed E-state index contributed by atoms with van der Waals surface area (Å²) in [7, 11) is -1.93. The summed E-state index contributed by atoms with van der Waals surface area (Å²) in [6, 6.07) is 5.16. The Labute approximate surface area is 109 Å². The van der Waals surface area contributed by atoms with Gasteiger partial charge in [-0.25, -0.2) is 0 Å². The van der Waals surface area contributed by atoms with Crippen molar-refractivity contribution < 1.29 is 8.42 Å². The van der Waals surface area contributed by atoms with Crippen LogP contribution >= 0.6 is 0 Å². The Morgan fingerprint density at radius 3 is 2.67 bits per heavy atom. The Hall–Kier alpha value is -1.27. The molecule has 0 saturated heterocycles. The summed E-state index contributed by atoms with van der Waals surface area (Å²) in [6.07, 6.45) is 1.80. The van der Waals surface area contributed by atoms with E-state index in [4.69, 9.17) is 5.73 Å². The van der Waals surface area contributed by atoms with E-state index in [-0.39, 0.29) is 0 Å². The minimum absolute atomic E-state index is 0.507. The SMILES string of the molecule is CCCCN(C)S(=O)(=O)Nc1cc(N)ccc1C. The van der Waals surface area contributed by atoms with Crippen molar-refractivity contribution in [3.8, 4) is 0 Å². The Morgan fingerprint density at radius 1 is 1.39 bits per heavy atom. The lowest BCUT2D eigenvalue weighted by Crippen LogP contribution is -2.33. The molecule has 0 saturated carbocycles. The van der Waals surface area contributed by atoms with E-state index in [2.05, 4.69) is 4.72 Å². The van der Waals surface area contributed by atoms with Gasteiger partial charge in [0.2, 0.25) is 0 Å². The fourth-order valence-electron chi connectivity index (χ4n) is 1.47. The third-order valence-corrected chi connectivity index (χ3v) is 4.22. The number of nitrogens with one attached hydrogen (secondary N) is 1. The molecule has 0 amide bonds. The number of unbranched alkanes of at least 4 members (excludes halogenated alkanes) is 1. The standard InChI is InChI=1S/C12H21N3O2S/c1-4-5-8-15(3)18(16,17)14-12-9-11(13)7-6-10(12)2/h6-7,9,14H,4-5,8,13H2,1-3H3. The van der Waals surface area contributed by atoms with Crippen LogP contribution in [0.1, 0.15) is 25.3 Å². The molecule has 6 heteroatoms. The first kappa shape index (κ1) is 14.8. The number of anilines is 2. The van der Waals surface area contributed by atoms with Gasteiger partial charge in [0.25, 0.3) is 0 Å². The third kappa shape index (κ3) is 3.89. The molecule has 0 aliphatic heterocycles. The summed E-state index contributed by atoms with van der Waals surface area (Å²) in [5.74, 6) is 0. The minimum atomic E-state index is -3.50. The fraction of sp³-hybridized carbons (Fsp3) is 0.500. The topological polar surface area (TPSA) is 75.4 Å².